The highest BCUT2D eigenvalue weighted by molar-refractivity contribution is 5.85. The van der Waals surface area contributed by atoms with Crippen LogP contribution in [0.4, 0.5) is 0 Å². The molecule has 1 aromatic heterocycles. The van der Waals surface area contributed by atoms with Crippen LogP contribution in [0.15, 0.2) is 18.5 Å². The van der Waals surface area contributed by atoms with Crippen LogP contribution in [-0.2, 0) is 10.3 Å². The van der Waals surface area contributed by atoms with Crippen LogP contribution in [0.2, 0.25) is 0 Å². The second kappa shape index (κ2) is 7.44. The van der Waals surface area contributed by atoms with E-state index in [4.69, 9.17) is 0 Å². The van der Waals surface area contributed by atoms with E-state index in [2.05, 4.69) is 15.7 Å². The van der Waals surface area contributed by atoms with Crippen LogP contribution in [0, 0.1) is 17.8 Å². The zero-order valence-corrected chi connectivity index (χ0v) is 15.1. The molecule has 3 atom stereocenters. The third-order valence-electron chi connectivity index (χ3n) is 6.48. The van der Waals surface area contributed by atoms with Crippen molar-refractivity contribution in [1.29, 1.82) is 0 Å². The van der Waals surface area contributed by atoms with Gasteiger partial charge in [0.1, 0.15) is 5.54 Å². The SMILES string of the molecule is Cl.O=C(NCCC1CC2CCC1C2)C1(n2cccn2)CCNCC1. The van der Waals surface area contributed by atoms with Gasteiger partial charge in [-0.3, -0.25) is 9.48 Å². The maximum atomic E-state index is 13.0. The molecule has 0 aromatic carbocycles. The second-order valence-electron chi connectivity index (χ2n) is 7.71. The largest absolute Gasteiger partial charge is 0.354 e. The molecule has 0 radical (unpaired) electrons. The number of nitrogens with zero attached hydrogens (tertiary/aromatic N) is 2. The number of piperidine rings is 1. The van der Waals surface area contributed by atoms with Gasteiger partial charge in [-0.2, -0.15) is 5.10 Å². The Hall–Kier alpha value is -1.07. The second-order valence-corrected chi connectivity index (χ2v) is 7.71. The summed E-state index contributed by atoms with van der Waals surface area (Å²) >= 11 is 0. The first-order chi connectivity index (χ1) is 11.3. The van der Waals surface area contributed by atoms with Crippen molar-refractivity contribution in [3.05, 3.63) is 18.5 Å². The predicted molar refractivity (Wildman–Crippen MR) is 96.1 cm³/mol. The van der Waals surface area contributed by atoms with Crippen LogP contribution in [0.1, 0.15) is 44.9 Å². The summed E-state index contributed by atoms with van der Waals surface area (Å²) in [5, 5.41) is 11.0. The first-order valence-electron chi connectivity index (χ1n) is 9.27. The average Bonchev–Trinajstić information content (AvgIpc) is 3.33. The molecule has 0 spiro atoms. The maximum absolute atomic E-state index is 13.0. The Kier molecular flexibility index (Phi) is 5.50. The number of hydrogen-bond acceptors (Lipinski definition) is 3. The van der Waals surface area contributed by atoms with E-state index in [-0.39, 0.29) is 18.3 Å². The third-order valence-corrected chi connectivity index (χ3v) is 6.48. The van der Waals surface area contributed by atoms with Crippen molar-refractivity contribution in [2.45, 2.75) is 50.5 Å². The molecule has 3 fully saturated rings. The monoisotopic (exact) mass is 352 g/mol. The number of amides is 1. The minimum absolute atomic E-state index is 0. The van der Waals surface area contributed by atoms with Gasteiger partial charge in [0.05, 0.1) is 0 Å². The zero-order chi connectivity index (χ0) is 15.7. The molecule has 1 amide bonds. The number of aromatic nitrogens is 2. The van der Waals surface area contributed by atoms with Gasteiger partial charge < -0.3 is 10.6 Å². The molecule has 24 heavy (non-hydrogen) atoms. The molecule has 2 heterocycles. The van der Waals surface area contributed by atoms with Crippen molar-refractivity contribution in [3.8, 4) is 0 Å². The van der Waals surface area contributed by atoms with E-state index in [1.54, 1.807) is 6.20 Å². The van der Waals surface area contributed by atoms with E-state index in [0.717, 1.165) is 56.7 Å². The van der Waals surface area contributed by atoms with Gasteiger partial charge in [-0.05, 0) is 75.4 Å². The number of fused-ring (bicyclic) bond motifs is 2. The third kappa shape index (κ3) is 3.21. The van der Waals surface area contributed by atoms with Gasteiger partial charge in [0.15, 0.2) is 0 Å². The molecule has 2 N–H and O–H groups in total. The van der Waals surface area contributed by atoms with Crippen molar-refractivity contribution in [2.75, 3.05) is 19.6 Å². The van der Waals surface area contributed by atoms with Gasteiger partial charge in [-0.15, -0.1) is 12.4 Å². The van der Waals surface area contributed by atoms with Gasteiger partial charge >= 0.3 is 0 Å². The molecular weight excluding hydrogens is 324 g/mol. The molecule has 134 valence electrons. The Bertz CT molecular complexity index is 541. The summed E-state index contributed by atoms with van der Waals surface area (Å²) in [6, 6.07) is 1.91. The lowest BCUT2D eigenvalue weighted by molar-refractivity contribution is -0.132. The van der Waals surface area contributed by atoms with Gasteiger partial charge in [0, 0.05) is 18.9 Å². The predicted octanol–water partition coefficient (Wildman–Crippen LogP) is 2.33. The van der Waals surface area contributed by atoms with Crippen molar-refractivity contribution in [3.63, 3.8) is 0 Å². The molecular formula is C18H29ClN4O. The van der Waals surface area contributed by atoms with Crippen LogP contribution in [0.3, 0.4) is 0 Å². The Balaban J connectivity index is 0.00000169. The number of carbonyl (C=O) groups excluding carboxylic acids is 1. The highest BCUT2D eigenvalue weighted by atomic mass is 35.5. The van der Waals surface area contributed by atoms with E-state index in [1.807, 2.05) is 16.9 Å². The van der Waals surface area contributed by atoms with Gasteiger partial charge in [-0.1, -0.05) is 6.42 Å². The lowest BCUT2D eigenvalue weighted by Gasteiger charge is -2.36. The quantitative estimate of drug-likeness (QED) is 0.855. The van der Waals surface area contributed by atoms with E-state index in [1.165, 1.54) is 25.7 Å². The fourth-order valence-electron chi connectivity index (χ4n) is 5.19. The summed E-state index contributed by atoms with van der Waals surface area (Å²) in [5.74, 6) is 2.94. The average molecular weight is 353 g/mol. The molecule has 2 saturated carbocycles. The van der Waals surface area contributed by atoms with Gasteiger partial charge in [-0.25, -0.2) is 0 Å². The van der Waals surface area contributed by atoms with Crippen LogP contribution in [-0.4, -0.2) is 35.3 Å². The Labute approximate surface area is 150 Å². The van der Waals surface area contributed by atoms with Crippen LogP contribution in [0.25, 0.3) is 0 Å². The van der Waals surface area contributed by atoms with E-state index in [9.17, 15) is 4.79 Å². The molecule has 2 bridgehead atoms. The van der Waals surface area contributed by atoms with Crippen molar-refractivity contribution in [2.24, 2.45) is 17.8 Å². The number of hydrogen-bond donors (Lipinski definition) is 2. The number of halogens is 1. The van der Waals surface area contributed by atoms with E-state index in [0.29, 0.717) is 0 Å². The molecule has 3 unspecified atom stereocenters. The summed E-state index contributed by atoms with van der Waals surface area (Å²) in [4.78, 5) is 13.0. The molecule has 3 aliphatic rings. The first kappa shape index (κ1) is 17.7. The number of nitrogens with one attached hydrogen (secondary N) is 2. The Morgan fingerprint density at radius 3 is 2.75 bits per heavy atom. The smallest absolute Gasteiger partial charge is 0.248 e. The van der Waals surface area contributed by atoms with Gasteiger partial charge in [0.25, 0.3) is 0 Å². The molecule has 6 heteroatoms. The van der Waals surface area contributed by atoms with Crippen LogP contribution >= 0.6 is 12.4 Å². The standard InChI is InChI=1S/C18H28N4O.ClH/c23-17(20-8-4-16-13-14-2-3-15(16)12-14)18(5-9-19-10-6-18)22-11-1-7-21-22;/h1,7,11,14-16,19H,2-6,8-10,12-13H2,(H,20,23);1H. The lowest BCUT2D eigenvalue weighted by atomic mass is 9.85. The fourth-order valence-corrected chi connectivity index (χ4v) is 5.19. The zero-order valence-electron chi connectivity index (χ0n) is 14.2. The summed E-state index contributed by atoms with van der Waals surface area (Å²) in [5.41, 5.74) is -0.497. The first-order valence-corrected chi connectivity index (χ1v) is 9.27. The van der Waals surface area contributed by atoms with Crippen molar-refractivity contribution >= 4 is 18.3 Å². The van der Waals surface area contributed by atoms with Crippen molar-refractivity contribution in [1.82, 2.24) is 20.4 Å². The fraction of sp³-hybridized carbons (Fsp3) is 0.778. The minimum atomic E-state index is -0.497. The highest BCUT2D eigenvalue weighted by Gasteiger charge is 2.42. The van der Waals surface area contributed by atoms with Gasteiger partial charge in [0.2, 0.25) is 5.91 Å². The summed E-state index contributed by atoms with van der Waals surface area (Å²) in [6.45, 7) is 2.57. The number of carbonyl (C=O) groups is 1. The van der Waals surface area contributed by atoms with E-state index < -0.39 is 5.54 Å². The topological polar surface area (TPSA) is 59.0 Å². The van der Waals surface area contributed by atoms with E-state index >= 15 is 0 Å². The normalized spacial score (nSPS) is 30.8. The molecule has 5 nitrogen and oxygen atoms in total. The molecule has 2 aliphatic carbocycles. The summed E-state index contributed by atoms with van der Waals surface area (Å²) < 4.78 is 1.88. The minimum Gasteiger partial charge on any atom is -0.354 e. The summed E-state index contributed by atoms with van der Waals surface area (Å²) in [7, 11) is 0. The molecule has 1 saturated heterocycles. The molecule has 1 aromatic rings. The lowest BCUT2D eigenvalue weighted by Crippen LogP contribution is -2.54. The van der Waals surface area contributed by atoms with Crippen LogP contribution in [0.5, 0.6) is 0 Å². The summed E-state index contributed by atoms with van der Waals surface area (Å²) in [6.07, 6.45) is 12.2. The Morgan fingerprint density at radius 1 is 1.29 bits per heavy atom. The molecule has 4 rings (SSSR count). The Morgan fingerprint density at radius 2 is 2.12 bits per heavy atom. The maximum Gasteiger partial charge on any atom is 0.248 e. The number of rotatable bonds is 5. The molecule has 1 aliphatic heterocycles. The van der Waals surface area contributed by atoms with Crippen LogP contribution < -0.4 is 10.6 Å². The van der Waals surface area contributed by atoms with Crippen molar-refractivity contribution < 1.29 is 4.79 Å². The highest BCUT2D eigenvalue weighted by Crippen LogP contribution is 2.49.